The van der Waals surface area contributed by atoms with E-state index in [0.717, 1.165) is 0 Å². The van der Waals surface area contributed by atoms with Crippen molar-refractivity contribution < 1.29 is 245 Å². The molecule has 0 aliphatic rings. The maximum absolute atomic E-state index is 6.25. The first kappa shape index (κ1) is 70.8. The zero-order valence-electron chi connectivity index (χ0n) is 10.8. The normalized spacial score (nSPS) is 0.200. The van der Waals surface area contributed by atoms with Crippen molar-refractivity contribution in [3.8, 4) is 0 Å². The molecule has 0 saturated carbocycles. The predicted molar refractivity (Wildman–Crippen MR) is 20.3 cm³/mol. The molecular formula is CH10FeK4NO3-. The molecule has 0 aliphatic carbocycles. The van der Waals surface area contributed by atoms with E-state index in [9.17, 15) is 0 Å². The van der Waals surface area contributed by atoms with E-state index < -0.39 is 0 Å². The van der Waals surface area contributed by atoms with Crippen LogP contribution in [0.5, 0.6) is 0 Å². The SMILES string of the molecule is O.O.O.[C-]#N.[Fe].[H-].[H-].[H-].[H-].[K+].[K+].[K+].[K+]. The first-order valence-electron chi connectivity index (χ1n) is 0.224. The summed E-state index contributed by atoms with van der Waals surface area (Å²) in [4.78, 5) is 0. The maximum Gasteiger partial charge on any atom is 1.00 e. The van der Waals surface area contributed by atoms with Gasteiger partial charge in [-0.05, 0) is 0 Å². The third-order valence-electron chi connectivity index (χ3n) is 0. The third-order valence-corrected chi connectivity index (χ3v) is 0. The first-order chi connectivity index (χ1) is 1.00. The van der Waals surface area contributed by atoms with Gasteiger partial charge in [0.1, 0.15) is 0 Å². The van der Waals surface area contributed by atoms with Crippen LogP contribution in [-0.4, -0.2) is 16.4 Å². The number of rotatable bonds is 0. The summed E-state index contributed by atoms with van der Waals surface area (Å²) < 4.78 is 0. The molecule has 0 aromatic heterocycles. The average Bonchev–Trinajstić information content (AvgIpc) is 1.00. The van der Waals surface area contributed by atoms with Gasteiger partial charge in [-0.3, -0.25) is 0 Å². The molecule has 0 aromatic carbocycles. The van der Waals surface area contributed by atoms with Crippen LogP contribution < -0.4 is 206 Å². The Morgan fingerprint density at radius 3 is 0.700 bits per heavy atom. The van der Waals surface area contributed by atoms with Gasteiger partial charge in [0.05, 0.1) is 0 Å². The summed E-state index contributed by atoms with van der Waals surface area (Å²) in [5.74, 6) is 0. The molecule has 0 saturated heterocycles. The summed E-state index contributed by atoms with van der Waals surface area (Å²) in [6.45, 7) is 4.75. The molecule has 0 bridgehead atoms. The molecule has 9 heteroatoms. The maximum atomic E-state index is 6.25. The van der Waals surface area contributed by atoms with E-state index in [1.54, 1.807) is 0 Å². The summed E-state index contributed by atoms with van der Waals surface area (Å²) in [6, 6.07) is 0. The predicted octanol–water partition coefficient (Wildman–Crippen LogP) is -13.9. The Morgan fingerprint density at radius 2 is 0.700 bits per heavy atom. The van der Waals surface area contributed by atoms with Gasteiger partial charge in [-0.2, -0.15) is 0 Å². The minimum absolute atomic E-state index is 0. The largest absolute Gasteiger partial charge is 1.00 e. The van der Waals surface area contributed by atoms with Crippen LogP contribution in [0.2, 0.25) is 0 Å². The van der Waals surface area contributed by atoms with Gasteiger partial charge in [-0.15, -0.1) is 0 Å². The van der Waals surface area contributed by atoms with E-state index in [0.29, 0.717) is 0 Å². The Kier molecular flexibility index (Phi) is 550. The quantitative estimate of drug-likeness (QED) is 0.320. The van der Waals surface area contributed by atoms with Crippen molar-refractivity contribution in [1.82, 2.24) is 0 Å². The van der Waals surface area contributed by atoms with Crippen molar-refractivity contribution in [2.75, 3.05) is 0 Å². The standard InChI is InChI=1S/CN.Fe.4K.3H2O.4H/c1-2;;;;;;;;;;;;/h;;;;;;3*1H2;;;;/q-1;;4*+1;;;;4*-1. The van der Waals surface area contributed by atoms with Gasteiger partial charge in [0.15, 0.2) is 0 Å². The van der Waals surface area contributed by atoms with Gasteiger partial charge in [-0.25, -0.2) is 0 Å². The molecular weight excluding hydrogens is 286 g/mol. The fourth-order valence-corrected chi connectivity index (χ4v) is 0. The molecule has 0 radical (unpaired) electrons. The molecule has 0 aliphatic heterocycles. The van der Waals surface area contributed by atoms with Crippen LogP contribution in [0, 0.1) is 11.8 Å². The van der Waals surface area contributed by atoms with E-state index in [1.807, 2.05) is 0 Å². The number of hydrogen-bond donors (Lipinski definition) is 0. The van der Waals surface area contributed by atoms with Crippen molar-refractivity contribution in [2.24, 2.45) is 0 Å². The Balaban J connectivity index is -0.0000000000758. The smallest absolute Gasteiger partial charge is 1.00 e. The fraction of sp³-hybridized carbons (Fsp3) is 0. The van der Waals surface area contributed by atoms with Crippen molar-refractivity contribution >= 4 is 0 Å². The minimum Gasteiger partial charge on any atom is -1.00 e. The topological polar surface area (TPSA) is 118 Å². The average molecular weight is 296 g/mol. The second-order valence-corrected chi connectivity index (χ2v) is 0. The Labute approximate surface area is 248 Å². The molecule has 0 aromatic rings. The van der Waals surface area contributed by atoms with Gasteiger partial charge in [-0.1, -0.05) is 0 Å². The Hall–Kier alpha value is 6.43. The van der Waals surface area contributed by atoms with Crippen LogP contribution in [-0.2, 0) is 17.1 Å². The van der Waals surface area contributed by atoms with Crippen LogP contribution in [0.25, 0.3) is 0 Å². The van der Waals surface area contributed by atoms with Crippen LogP contribution in [0.15, 0.2) is 0 Å². The minimum atomic E-state index is 0. The fourth-order valence-electron chi connectivity index (χ4n) is 0. The van der Waals surface area contributed by atoms with Crippen LogP contribution in [0.3, 0.4) is 0 Å². The molecule has 0 atom stereocenters. The monoisotopic (exact) mass is 296 g/mol. The number of nitrogens with zero attached hydrogens (tertiary/aromatic N) is 1. The molecule has 0 spiro atoms. The second kappa shape index (κ2) is 77.7. The van der Waals surface area contributed by atoms with Crippen molar-refractivity contribution in [1.29, 1.82) is 5.26 Å². The molecule has 50 valence electrons. The van der Waals surface area contributed by atoms with Gasteiger partial charge >= 0.3 is 206 Å². The first-order valence-corrected chi connectivity index (χ1v) is 0.224. The van der Waals surface area contributed by atoms with E-state index in [1.165, 1.54) is 0 Å². The summed E-state index contributed by atoms with van der Waals surface area (Å²) in [5.41, 5.74) is 0. The van der Waals surface area contributed by atoms with Crippen molar-refractivity contribution in [3.63, 3.8) is 0 Å². The third kappa shape index (κ3) is 62.9. The van der Waals surface area contributed by atoms with E-state index in [4.69, 9.17) is 11.8 Å². The molecule has 0 unspecified atom stereocenters. The molecule has 0 rings (SSSR count). The van der Waals surface area contributed by atoms with Gasteiger partial charge in [0.25, 0.3) is 0 Å². The Bertz CT molecular complexity index is 37.3. The van der Waals surface area contributed by atoms with Crippen molar-refractivity contribution in [2.45, 2.75) is 0 Å². The van der Waals surface area contributed by atoms with Gasteiger partial charge in [0.2, 0.25) is 0 Å². The molecule has 4 nitrogen and oxygen atoms in total. The van der Waals surface area contributed by atoms with Crippen LogP contribution in [0.4, 0.5) is 0 Å². The molecule has 0 fully saturated rings. The molecule has 6 N–H and O–H groups in total. The second-order valence-electron chi connectivity index (χ2n) is 0. The molecule has 10 heavy (non-hydrogen) atoms. The zero-order chi connectivity index (χ0) is 2.00. The van der Waals surface area contributed by atoms with Gasteiger partial charge in [0, 0.05) is 17.1 Å². The molecule has 0 heterocycles. The summed E-state index contributed by atoms with van der Waals surface area (Å²) >= 11 is 0. The Morgan fingerprint density at radius 1 is 0.700 bits per heavy atom. The number of hydrogen-bond acceptors (Lipinski definition) is 1. The van der Waals surface area contributed by atoms with Crippen molar-refractivity contribution in [3.05, 3.63) is 6.57 Å². The van der Waals surface area contributed by atoms with E-state index in [2.05, 4.69) is 0 Å². The van der Waals surface area contributed by atoms with E-state index >= 15 is 0 Å². The van der Waals surface area contributed by atoms with Gasteiger partial charge < -0.3 is 34.0 Å². The summed E-state index contributed by atoms with van der Waals surface area (Å²) in [7, 11) is 0. The van der Waals surface area contributed by atoms with Crippen LogP contribution in [0.1, 0.15) is 5.71 Å². The summed E-state index contributed by atoms with van der Waals surface area (Å²) in [6.07, 6.45) is 0. The van der Waals surface area contributed by atoms with Crippen LogP contribution >= 0.6 is 0 Å². The van der Waals surface area contributed by atoms with E-state index in [-0.39, 0.29) is 245 Å². The summed E-state index contributed by atoms with van der Waals surface area (Å²) in [5, 5.41) is 6.25. The zero-order valence-corrected chi connectivity index (χ0v) is 20.4. The molecule has 0 amide bonds.